The predicted molar refractivity (Wildman–Crippen MR) is 76.1 cm³/mol. The Morgan fingerprint density at radius 2 is 2.11 bits per heavy atom. The monoisotopic (exact) mass is 288 g/mol. The number of aromatic nitrogens is 1. The molecule has 0 bridgehead atoms. The van der Waals surface area contributed by atoms with Crippen molar-refractivity contribution in [2.24, 2.45) is 0 Å². The third-order valence-corrected chi connectivity index (χ3v) is 2.95. The summed E-state index contributed by atoms with van der Waals surface area (Å²) in [5.41, 5.74) is 1.14. The van der Waals surface area contributed by atoms with Crippen molar-refractivity contribution in [3.05, 3.63) is 30.1 Å². The Morgan fingerprint density at radius 3 is 2.67 bits per heavy atom. The molecule has 100 valence electrons. The molecular weight excluding hydrogens is 271 g/mol. The van der Waals surface area contributed by atoms with Gasteiger partial charge in [0.1, 0.15) is 0 Å². The maximum absolute atomic E-state index is 8.92. The molecule has 1 aromatic rings. The highest BCUT2D eigenvalue weighted by molar-refractivity contribution is 5.85. The van der Waals surface area contributed by atoms with Gasteiger partial charge in [-0.25, -0.2) is 0 Å². The quantitative estimate of drug-likeness (QED) is 0.921. The number of nitrogens with one attached hydrogen (secondary N) is 1. The Kier molecular flexibility index (Phi) is 8.69. The molecule has 1 aromatic heterocycles. The molecule has 1 N–H and O–H groups in total. The minimum absolute atomic E-state index is 0. The van der Waals surface area contributed by atoms with E-state index in [0.717, 1.165) is 31.7 Å². The van der Waals surface area contributed by atoms with Crippen molar-refractivity contribution in [1.29, 1.82) is 5.26 Å². The lowest BCUT2D eigenvalue weighted by Gasteiger charge is -2.33. The van der Waals surface area contributed by atoms with Gasteiger partial charge in [0.2, 0.25) is 0 Å². The van der Waals surface area contributed by atoms with E-state index in [4.69, 9.17) is 5.26 Å². The molecule has 1 saturated heterocycles. The van der Waals surface area contributed by atoms with Crippen molar-refractivity contribution in [3.8, 4) is 6.07 Å². The molecule has 1 aliphatic rings. The fourth-order valence-corrected chi connectivity index (χ4v) is 2.11. The highest BCUT2D eigenvalue weighted by atomic mass is 35.5. The summed E-state index contributed by atoms with van der Waals surface area (Å²) in [7, 11) is 0. The first-order valence-corrected chi connectivity index (χ1v) is 5.63. The third kappa shape index (κ3) is 4.43. The van der Waals surface area contributed by atoms with E-state index in [2.05, 4.69) is 27.3 Å². The van der Waals surface area contributed by atoms with Crippen LogP contribution in [0.4, 0.5) is 0 Å². The van der Waals surface area contributed by atoms with Crippen molar-refractivity contribution >= 4 is 24.8 Å². The number of nitrogens with zero attached hydrogens (tertiary/aromatic N) is 3. The summed E-state index contributed by atoms with van der Waals surface area (Å²) in [4.78, 5) is 6.49. The van der Waals surface area contributed by atoms with Crippen LogP contribution in [0.25, 0.3) is 0 Å². The van der Waals surface area contributed by atoms with Crippen LogP contribution < -0.4 is 5.32 Å². The fraction of sp³-hybridized carbons (Fsp3) is 0.500. The Hall–Kier alpha value is -0.860. The molecule has 0 amide bonds. The molecule has 2 rings (SSSR count). The van der Waals surface area contributed by atoms with Crippen LogP contribution in [-0.2, 0) is 0 Å². The number of hydrogen-bond donors (Lipinski definition) is 1. The Labute approximate surface area is 120 Å². The zero-order valence-corrected chi connectivity index (χ0v) is 11.7. The van der Waals surface area contributed by atoms with Crippen molar-refractivity contribution in [3.63, 3.8) is 0 Å². The minimum atomic E-state index is 0. The average molecular weight is 289 g/mol. The lowest BCUT2D eigenvalue weighted by molar-refractivity contribution is 0.175. The van der Waals surface area contributed by atoms with E-state index in [1.165, 1.54) is 0 Å². The minimum Gasteiger partial charge on any atom is -0.314 e. The first-order chi connectivity index (χ1) is 7.92. The average Bonchev–Trinajstić information content (AvgIpc) is 2.38. The predicted octanol–water partition coefficient (Wildman–Crippen LogP) is 1.79. The van der Waals surface area contributed by atoms with Crippen LogP contribution in [-0.4, -0.2) is 36.1 Å². The summed E-state index contributed by atoms with van der Waals surface area (Å²) >= 11 is 0. The van der Waals surface area contributed by atoms with Gasteiger partial charge in [0, 0.05) is 44.6 Å². The lowest BCUT2D eigenvalue weighted by Crippen LogP contribution is -2.45. The van der Waals surface area contributed by atoms with E-state index in [-0.39, 0.29) is 30.9 Å². The van der Waals surface area contributed by atoms with E-state index >= 15 is 0 Å². The molecule has 0 saturated carbocycles. The Balaban J connectivity index is 0.00000144. The topological polar surface area (TPSA) is 52.0 Å². The Morgan fingerprint density at radius 1 is 1.39 bits per heavy atom. The van der Waals surface area contributed by atoms with E-state index in [1.54, 1.807) is 6.20 Å². The first-order valence-electron chi connectivity index (χ1n) is 5.63. The van der Waals surface area contributed by atoms with E-state index in [0.29, 0.717) is 6.42 Å². The van der Waals surface area contributed by atoms with Gasteiger partial charge in [-0.1, -0.05) is 6.07 Å². The molecule has 1 atom stereocenters. The van der Waals surface area contributed by atoms with Crippen molar-refractivity contribution in [1.82, 2.24) is 15.2 Å². The summed E-state index contributed by atoms with van der Waals surface area (Å²) in [5, 5.41) is 12.2. The van der Waals surface area contributed by atoms with Gasteiger partial charge in [-0.15, -0.1) is 24.8 Å². The molecule has 1 aliphatic heterocycles. The Bertz CT molecular complexity index is 360. The molecule has 18 heavy (non-hydrogen) atoms. The van der Waals surface area contributed by atoms with Gasteiger partial charge in [-0.3, -0.25) is 9.88 Å². The van der Waals surface area contributed by atoms with Gasteiger partial charge >= 0.3 is 0 Å². The second kappa shape index (κ2) is 9.12. The second-order valence-corrected chi connectivity index (χ2v) is 3.95. The molecular formula is C12H18Cl2N4. The molecule has 0 aromatic carbocycles. The van der Waals surface area contributed by atoms with Gasteiger partial charge < -0.3 is 5.32 Å². The highest BCUT2D eigenvalue weighted by Gasteiger charge is 2.21. The lowest BCUT2D eigenvalue weighted by atomic mass is 10.0. The number of pyridine rings is 1. The molecule has 0 aliphatic carbocycles. The zero-order chi connectivity index (χ0) is 11.2. The summed E-state index contributed by atoms with van der Waals surface area (Å²) < 4.78 is 0. The van der Waals surface area contributed by atoms with Crippen LogP contribution in [0.2, 0.25) is 0 Å². The first kappa shape index (κ1) is 17.1. The third-order valence-electron chi connectivity index (χ3n) is 2.95. The SMILES string of the molecule is Cl.Cl.N#CC[C@@H](c1cccnc1)N1CCNCC1. The zero-order valence-electron chi connectivity index (χ0n) is 10.1. The number of hydrogen-bond acceptors (Lipinski definition) is 4. The van der Waals surface area contributed by atoms with Crippen LogP contribution in [0.5, 0.6) is 0 Å². The molecule has 0 spiro atoms. The van der Waals surface area contributed by atoms with E-state index in [9.17, 15) is 0 Å². The molecule has 1 fully saturated rings. The van der Waals surface area contributed by atoms with Gasteiger partial charge in [-0.05, 0) is 11.6 Å². The number of halogens is 2. The number of piperazine rings is 1. The van der Waals surface area contributed by atoms with E-state index in [1.807, 2.05) is 12.3 Å². The molecule has 0 unspecified atom stereocenters. The maximum Gasteiger partial charge on any atom is 0.0641 e. The maximum atomic E-state index is 8.92. The van der Waals surface area contributed by atoms with Crippen LogP contribution in [0, 0.1) is 11.3 Å². The van der Waals surface area contributed by atoms with Gasteiger partial charge in [0.05, 0.1) is 12.5 Å². The molecule has 2 heterocycles. The highest BCUT2D eigenvalue weighted by Crippen LogP contribution is 2.23. The summed E-state index contributed by atoms with van der Waals surface area (Å²) in [6.45, 7) is 4.01. The van der Waals surface area contributed by atoms with Crippen LogP contribution >= 0.6 is 24.8 Å². The van der Waals surface area contributed by atoms with Crippen LogP contribution in [0.1, 0.15) is 18.0 Å². The van der Waals surface area contributed by atoms with Gasteiger partial charge in [0.25, 0.3) is 0 Å². The summed E-state index contributed by atoms with van der Waals surface area (Å²) in [6, 6.07) is 6.45. The van der Waals surface area contributed by atoms with Crippen molar-refractivity contribution < 1.29 is 0 Å². The number of rotatable bonds is 3. The standard InChI is InChI=1S/C12H16N4.2ClH/c13-4-3-12(11-2-1-5-15-10-11)16-8-6-14-7-9-16;;/h1-2,5,10,12,14H,3,6-9H2;2*1H/t12-;;/m0../s1. The van der Waals surface area contributed by atoms with E-state index < -0.39 is 0 Å². The molecule has 6 heteroatoms. The van der Waals surface area contributed by atoms with Gasteiger partial charge in [-0.2, -0.15) is 5.26 Å². The molecule has 0 radical (unpaired) electrons. The second-order valence-electron chi connectivity index (χ2n) is 3.95. The van der Waals surface area contributed by atoms with Crippen molar-refractivity contribution in [2.45, 2.75) is 12.5 Å². The smallest absolute Gasteiger partial charge is 0.0641 e. The van der Waals surface area contributed by atoms with Crippen LogP contribution in [0.15, 0.2) is 24.5 Å². The van der Waals surface area contributed by atoms with Crippen molar-refractivity contribution in [2.75, 3.05) is 26.2 Å². The summed E-state index contributed by atoms with van der Waals surface area (Å²) in [5.74, 6) is 0. The normalized spacial score (nSPS) is 16.8. The fourth-order valence-electron chi connectivity index (χ4n) is 2.11. The number of nitriles is 1. The summed E-state index contributed by atoms with van der Waals surface area (Å²) in [6.07, 6.45) is 4.17. The largest absolute Gasteiger partial charge is 0.314 e. The van der Waals surface area contributed by atoms with Crippen LogP contribution in [0.3, 0.4) is 0 Å². The van der Waals surface area contributed by atoms with Gasteiger partial charge in [0.15, 0.2) is 0 Å². The molecule has 4 nitrogen and oxygen atoms in total.